The Balaban J connectivity index is 0.691. The molecule has 8 aromatic heterocycles. The lowest BCUT2D eigenvalue weighted by molar-refractivity contribution is 0.523. The lowest BCUT2D eigenvalue weighted by atomic mass is 9.78. The second-order valence-corrected chi connectivity index (χ2v) is 34.3. The van der Waals surface area contributed by atoms with E-state index in [-0.39, 0.29) is 21.7 Å². The predicted octanol–water partition coefficient (Wildman–Crippen LogP) is 27.6. The van der Waals surface area contributed by atoms with Gasteiger partial charge in [-0.25, -0.2) is 0 Å². The van der Waals surface area contributed by atoms with Crippen molar-refractivity contribution >= 4 is 187 Å². The maximum atomic E-state index is 2.63. The highest BCUT2D eigenvalue weighted by Gasteiger charge is 2.33. The van der Waals surface area contributed by atoms with Crippen LogP contribution in [0.2, 0.25) is 0 Å². The predicted molar refractivity (Wildman–Crippen MR) is 454 cm³/mol. The van der Waals surface area contributed by atoms with Crippen molar-refractivity contribution in [1.29, 1.82) is 0 Å². The van der Waals surface area contributed by atoms with Gasteiger partial charge in [0.15, 0.2) is 0 Å². The fraction of sp³-hybridized carbons (Fsp3) is 0.160. The highest BCUT2D eigenvalue weighted by Crippen LogP contribution is 2.54. The van der Waals surface area contributed by atoms with Gasteiger partial charge < -0.3 is 27.4 Å². The molecular formula is C100H80N6. The number of hydrogen-bond acceptors (Lipinski definition) is 2. The smallest absolute Gasteiger partial charge is 0.0641 e. The molecule has 0 spiro atoms. The Bertz CT molecular complexity index is 7380. The molecule has 0 amide bonds. The molecule has 0 saturated carbocycles. The Morgan fingerprint density at radius 3 is 1.17 bits per heavy atom. The summed E-state index contributed by atoms with van der Waals surface area (Å²) < 4.78 is 10.4. The number of aromatic nitrogens is 4. The molecular weight excluding hydrogens is 1290 g/mol. The second-order valence-electron chi connectivity index (χ2n) is 34.3. The second kappa shape index (κ2) is 21.1. The topological polar surface area (TPSA) is 24.1 Å². The molecule has 0 saturated heterocycles. The Kier molecular flexibility index (Phi) is 12.2. The van der Waals surface area contributed by atoms with Crippen LogP contribution in [0.15, 0.2) is 273 Å². The number of para-hydroxylation sites is 5. The summed E-state index contributed by atoms with van der Waals surface area (Å²) in [5, 5.41) is 20.6. The van der Waals surface area contributed by atoms with Crippen molar-refractivity contribution in [2.24, 2.45) is 0 Å². The number of fused-ring (bicyclic) bond motifs is 26. The maximum Gasteiger partial charge on any atom is 0.0641 e. The monoisotopic (exact) mass is 1360 g/mol. The van der Waals surface area contributed by atoms with Crippen molar-refractivity contribution in [1.82, 2.24) is 17.6 Å². The van der Waals surface area contributed by atoms with Crippen LogP contribution in [-0.4, -0.2) is 17.6 Å². The lowest BCUT2D eigenvalue weighted by Gasteiger charge is -2.29. The number of anilines is 6. The highest BCUT2D eigenvalue weighted by molar-refractivity contribution is 6.37. The molecule has 14 aromatic carbocycles. The molecule has 22 rings (SSSR count). The summed E-state index contributed by atoms with van der Waals surface area (Å²) in [5.41, 5.74) is 28.2. The van der Waals surface area contributed by atoms with Gasteiger partial charge in [0.1, 0.15) is 0 Å². The van der Waals surface area contributed by atoms with Gasteiger partial charge in [-0.2, -0.15) is 0 Å². The minimum atomic E-state index is -0.248. The van der Waals surface area contributed by atoms with E-state index in [9.17, 15) is 0 Å². The number of nitrogens with zero attached hydrogens (tertiary/aromatic N) is 6. The zero-order chi connectivity index (χ0) is 71.5. The standard InChI is InChI=1S/C100H80N6/c1-97(2,3)59-38-43-83-73(49-59)75-51-61(98(4,5)6)53-79-89-86(103(83)92(75)79)46-41-70-69-40-45-85(88-72-35-22-24-37-82(72)106(94(69)88)95(70)89)102(65-31-19-14-20-32-65)66-33-25-26-58(48-66)57-100(10,11)60-39-44-84-74(50-60)76-52-62(99(7,8)9)54-80-90-87(104(84)93(76)80)47-42-71-78-56-67(101(63-27-15-12-16-28-63)64-29-17-13-18-30-64)55-77-68-34-21-23-36-81(68)105(91(77)78)96(71)90/h12-56H,57H2,1-11H3. The summed E-state index contributed by atoms with van der Waals surface area (Å²) in [4.78, 5) is 4.94. The van der Waals surface area contributed by atoms with Gasteiger partial charge in [-0.05, 0) is 195 Å². The quantitative estimate of drug-likeness (QED) is 0.144. The summed E-state index contributed by atoms with van der Waals surface area (Å²) in [7, 11) is 0. The molecule has 106 heavy (non-hydrogen) atoms. The van der Waals surface area contributed by atoms with E-state index in [0.717, 1.165) is 40.5 Å². The largest absolute Gasteiger partial charge is 0.310 e. The van der Waals surface area contributed by atoms with Crippen LogP contribution in [0.25, 0.3) is 152 Å². The normalized spacial score (nSPS) is 13.3. The molecule has 0 bridgehead atoms. The molecule has 6 nitrogen and oxygen atoms in total. The van der Waals surface area contributed by atoms with Crippen LogP contribution in [0.4, 0.5) is 34.1 Å². The fourth-order valence-electron chi connectivity index (χ4n) is 19.3. The van der Waals surface area contributed by atoms with Crippen LogP contribution < -0.4 is 9.80 Å². The molecule has 8 heterocycles. The van der Waals surface area contributed by atoms with Gasteiger partial charge in [0.05, 0.1) is 71.9 Å². The van der Waals surface area contributed by atoms with Gasteiger partial charge in [0.2, 0.25) is 0 Å². The van der Waals surface area contributed by atoms with Crippen molar-refractivity contribution in [3.63, 3.8) is 0 Å². The summed E-state index contributed by atoms with van der Waals surface area (Å²) >= 11 is 0. The van der Waals surface area contributed by atoms with Crippen molar-refractivity contribution in [2.45, 2.75) is 104 Å². The molecule has 0 radical (unpaired) electrons. The van der Waals surface area contributed by atoms with Crippen LogP contribution >= 0.6 is 0 Å². The van der Waals surface area contributed by atoms with Gasteiger partial charge >= 0.3 is 0 Å². The van der Waals surface area contributed by atoms with Crippen LogP contribution in [0.1, 0.15) is 104 Å². The molecule has 0 aliphatic heterocycles. The van der Waals surface area contributed by atoms with E-state index in [1.165, 1.54) is 180 Å². The molecule has 510 valence electrons. The lowest BCUT2D eigenvalue weighted by Crippen LogP contribution is -2.20. The number of rotatable bonds is 9. The van der Waals surface area contributed by atoms with Gasteiger partial charge in [0, 0.05) is 115 Å². The first kappa shape index (κ1) is 61.4. The Morgan fingerprint density at radius 1 is 0.226 bits per heavy atom. The van der Waals surface area contributed by atoms with E-state index in [1.54, 1.807) is 0 Å². The Morgan fingerprint density at radius 2 is 0.613 bits per heavy atom. The van der Waals surface area contributed by atoms with E-state index in [4.69, 9.17) is 0 Å². The minimum absolute atomic E-state index is 0.0261. The van der Waals surface area contributed by atoms with Gasteiger partial charge in [0.25, 0.3) is 0 Å². The van der Waals surface area contributed by atoms with Crippen molar-refractivity contribution in [3.05, 3.63) is 301 Å². The summed E-state index contributed by atoms with van der Waals surface area (Å²) in [6.45, 7) is 26.1. The van der Waals surface area contributed by atoms with Crippen molar-refractivity contribution in [2.75, 3.05) is 9.80 Å². The third-order valence-electron chi connectivity index (χ3n) is 24.4. The van der Waals surface area contributed by atoms with Gasteiger partial charge in [-0.1, -0.05) is 210 Å². The Labute approximate surface area is 615 Å². The van der Waals surface area contributed by atoms with E-state index in [0.29, 0.717) is 0 Å². The minimum Gasteiger partial charge on any atom is -0.310 e. The first-order valence-corrected chi connectivity index (χ1v) is 37.9. The Hall–Kier alpha value is -12.1. The van der Waals surface area contributed by atoms with Crippen LogP contribution in [-0.2, 0) is 28.1 Å². The maximum absolute atomic E-state index is 2.63. The van der Waals surface area contributed by atoms with E-state index in [2.05, 4.69) is 377 Å². The molecule has 0 N–H and O–H groups in total. The molecule has 6 heteroatoms. The molecule has 0 atom stereocenters. The van der Waals surface area contributed by atoms with Crippen LogP contribution in [0, 0.1) is 0 Å². The molecule has 0 unspecified atom stereocenters. The van der Waals surface area contributed by atoms with Crippen molar-refractivity contribution < 1.29 is 0 Å². The molecule has 0 fully saturated rings. The first-order chi connectivity index (χ1) is 51.2. The van der Waals surface area contributed by atoms with Crippen LogP contribution in [0.5, 0.6) is 0 Å². The summed E-state index contributed by atoms with van der Waals surface area (Å²) in [6.07, 6.45) is 0.838. The van der Waals surface area contributed by atoms with Crippen molar-refractivity contribution in [3.8, 4) is 0 Å². The molecule has 22 aromatic rings. The average Bonchev–Trinajstić information content (AvgIpc) is 1.51. The third kappa shape index (κ3) is 8.33. The zero-order valence-corrected chi connectivity index (χ0v) is 61.9. The van der Waals surface area contributed by atoms with E-state index in [1.807, 2.05) is 0 Å². The van der Waals surface area contributed by atoms with Gasteiger partial charge in [-0.15, -0.1) is 0 Å². The molecule has 0 aliphatic carbocycles. The SMILES string of the molecule is CC(C)(C)c1ccc2c(c1)c1cc(C(C)(C)C)cc3c4c(ccc5c6ccc(N(c7ccccc7)c7cccc(CC(C)(C)c8ccc9c(c8)c8cc(C(C)(C)C)cc%10c%11c(ccc%12c%13cc(N(c%14ccccc%14)c%14ccccc%14)cc%14c%15ccccc%15n(c%14%13)c%12%11)n9c8%10)c7)c7c8ccccc8n(c67)c54)n2c13. The zero-order valence-electron chi connectivity index (χ0n) is 61.9. The summed E-state index contributed by atoms with van der Waals surface area (Å²) in [6, 6.07) is 104. The number of benzene rings is 14. The third-order valence-corrected chi connectivity index (χ3v) is 24.4. The van der Waals surface area contributed by atoms with E-state index >= 15 is 0 Å². The molecule has 0 aliphatic rings. The summed E-state index contributed by atoms with van der Waals surface area (Å²) in [5.74, 6) is 0. The average molecular weight is 1370 g/mol. The number of hydrogen-bond donors (Lipinski definition) is 0. The van der Waals surface area contributed by atoms with E-state index < -0.39 is 0 Å². The van der Waals surface area contributed by atoms with Gasteiger partial charge in [-0.3, -0.25) is 0 Å². The first-order valence-electron chi connectivity index (χ1n) is 37.9. The fourth-order valence-corrected chi connectivity index (χ4v) is 19.3. The highest BCUT2D eigenvalue weighted by atomic mass is 15.2. The van der Waals surface area contributed by atoms with Crippen LogP contribution in [0.3, 0.4) is 0 Å².